The van der Waals surface area contributed by atoms with Gasteiger partial charge in [0.25, 0.3) is 0 Å². The second-order valence-corrected chi connectivity index (χ2v) is 27.1. The second-order valence-electron chi connectivity index (χ2n) is 17.5. The molecule has 0 aliphatic carbocycles. The summed E-state index contributed by atoms with van der Waals surface area (Å²) >= 11 is 0. The van der Waals surface area contributed by atoms with E-state index in [1.54, 1.807) is 13.8 Å². The molecular formula is C41H66N4O9Si2. The van der Waals surface area contributed by atoms with Gasteiger partial charge < -0.3 is 39.6 Å². The summed E-state index contributed by atoms with van der Waals surface area (Å²) < 4.78 is 23.1. The second kappa shape index (κ2) is 20.9. The lowest BCUT2D eigenvalue weighted by Crippen LogP contribution is -2.61. The van der Waals surface area contributed by atoms with Crippen molar-refractivity contribution in [1.29, 1.82) is 0 Å². The van der Waals surface area contributed by atoms with E-state index >= 15 is 0 Å². The molecule has 4 atom stereocenters. The van der Waals surface area contributed by atoms with Gasteiger partial charge in [0.1, 0.15) is 30.8 Å². The van der Waals surface area contributed by atoms with Crippen LogP contribution in [0.4, 0.5) is 4.79 Å². The smallest absolute Gasteiger partial charge is 0.408 e. The number of carbonyl (C=O) groups is 5. The van der Waals surface area contributed by atoms with E-state index in [1.807, 2.05) is 86.9 Å². The quantitative estimate of drug-likeness (QED) is 0.100. The Kier molecular flexibility index (Phi) is 18.0. The minimum atomic E-state index is -2.44. The van der Waals surface area contributed by atoms with Crippen LogP contribution in [-0.4, -0.2) is 90.9 Å². The van der Waals surface area contributed by atoms with Gasteiger partial charge in [-0.1, -0.05) is 116 Å². The topological polar surface area (TPSA) is 170 Å². The molecule has 2 aromatic rings. The summed E-state index contributed by atoms with van der Waals surface area (Å²) in [6, 6.07) is 13.6. The number of alkyl carbamates (subject to hydrolysis) is 1. The maximum Gasteiger partial charge on any atom is 0.408 e. The van der Waals surface area contributed by atoms with Gasteiger partial charge in [-0.2, -0.15) is 0 Å². The van der Waals surface area contributed by atoms with E-state index in [9.17, 15) is 24.0 Å². The zero-order valence-electron chi connectivity index (χ0n) is 35.7. The summed E-state index contributed by atoms with van der Waals surface area (Å²) in [5.41, 5.74) is 1.53. The molecule has 0 aromatic heterocycles. The highest BCUT2D eigenvalue weighted by atomic mass is 28.4. The molecule has 13 nitrogen and oxygen atoms in total. The first-order chi connectivity index (χ1) is 25.9. The minimum absolute atomic E-state index is 0.00854. The number of amides is 4. The zero-order valence-corrected chi connectivity index (χ0v) is 37.7. The fourth-order valence-corrected chi connectivity index (χ4v) is 6.83. The Balaban J connectivity index is 2.41. The number of hydrogen-bond donors (Lipinski definition) is 4. The van der Waals surface area contributed by atoms with Crippen molar-refractivity contribution < 1.29 is 42.3 Å². The number of methoxy groups -OCH3 is 1. The molecule has 0 aliphatic rings. The molecule has 0 saturated carbocycles. The van der Waals surface area contributed by atoms with Crippen molar-refractivity contribution in [3.63, 3.8) is 0 Å². The van der Waals surface area contributed by atoms with Gasteiger partial charge in [-0.05, 0) is 53.3 Å². The van der Waals surface area contributed by atoms with Crippen LogP contribution in [0.1, 0.15) is 66.5 Å². The van der Waals surface area contributed by atoms with Crippen LogP contribution >= 0.6 is 0 Å². The Bertz CT molecular complexity index is 1590. The fraction of sp³-hybridized carbons (Fsp3) is 0.585. The monoisotopic (exact) mass is 814 g/mol. The van der Waals surface area contributed by atoms with Crippen molar-refractivity contribution >= 4 is 46.4 Å². The first-order valence-electron chi connectivity index (χ1n) is 19.2. The van der Waals surface area contributed by atoms with E-state index in [0.29, 0.717) is 0 Å². The Labute approximate surface area is 336 Å². The van der Waals surface area contributed by atoms with Crippen molar-refractivity contribution in [1.82, 2.24) is 21.3 Å². The van der Waals surface area contributed by atoms with Crippen molar-refractivity contribution in [2.75, 3.05) is 20.3 Å². The maximum atomic E-state index is 14.3. The molecule has 0 radical (unpaired) electrons. The lowest BCUT2D eigenvalue weighted by atomic mass is 10.0. The van der Waals surface area contributed by atoms with E-state index in [0.717, 1.165) is 11.1 Å². The first kappa shape index (κ1) is 48.1. The normalized spacial score (nSPS) is 14.5. The van der Waals surface area contributed by atoms with Gasteiger partial charge in [0.15, 0.2) is 16.6 Å². The average molecular weight is 815 g/mol. The summed E-state index contributed by atoms with van der Waals surface area (Å²) in [6.45, 7) is 23.7. The number of carbonyl (C=O) groups excluding carboxylic acids is 5. The Morgan fingerprint density at radius 1 is 0.607 bits per heavy atom. The molecule has 0 aliphatic heterocycles. The van der Waals surface area contributed by atoms with Gasteiger partial charge in [-0.15, -0.1) is 0 Å². The molecule has 4 N–H and O–H groups in total. The molecule has 0 heterocycles. The van der Waals surface area contributed by atoms with Gasteiger partial charge in [-0.25, -0.2) is 9.59 Å². The molecule has 0 bridgehead atoms. The minimum Gasteiger partial charge on any atom is -0.467 e. The lowest BCUT2D eigenvalue weighted by Gasteiger charge is -2.37. The predicted octanol–water partition coefficient (Wildman–Crippen LogP) is 5.85. The van der Waals surface area contributed by atoms with E-state index < -0.39 is 70.6 Å². The Morgan fingerprint density at radius 2 is 1.04 bits per heavy atom. The summed E-state index contributed by atoms with van der Waals surface area (Å²) in [4.78, 5) is 68.0. The molecule has 15 heteroatoms. The van der Waals surface area contributed by atoms with Crippen LogP contribution in [0, 0.1) is 5.92 Å². The van der Waals surface area contributed by atoms with Crippen LogP contribution < -0.4 is 21.3 Å². The fourth-order valence-electron chi connectivity index (χ4n) is 4.80. The highest BCUT2D eigenvalue weighted by Gasteiger charge is 2.41. The number of hydrogen-bond acceptors (Lipinski definition) is 9. The van der Waals surface area contributed by atoms with Gasteiger partial charge in [0.2, 0.25) is 17.7 Å². The van der Waals surface area contributed by atoms with Gasteiger partial charge in [0.05, 0.1) is 20.3 Å². The highest BCUT2D eigenvalue weighted by Crippen LogP contribution is 2.37. The molecule has 2 rings (SSSR count). The Hall–Kier alpha value is -4.06. The number of esters is 1. The van der Waals surface area contributed by atoms with Crippen molar-refractivity contribution in [3.05, 3.63) is 71.8 Å². The third-order valence-electron chi connectivity index (χ3n) is 10.6. The number of rotatable bonds is 19. The number of nitrogens with one attached hydrogen (secondary N) is 4. The van der Waals surface area contributed by atoms with Gasteiger partial charge >= 0.3 is 12.1 Å². The maximum absolute atomic E-state index is 14.3. The van der Waals surface area contributed by atoms with E-state index in [1.165, 1.54) is 7.11 Å². The SMILES string of the molecule is COC(=O)[C@H](CO[Si](C)(C)C(C)(C)C)NC(=O)[C@@H](Cc1ccccc1)NC(=O)[C@H](CO[Si](C)(C)C(C)(C)C)NC(=O)[C@H](NC(=O)OCc1ccccc1)C(C)C. The number of ether oxygens (including phenoxy) is 2. The van der Waals surface area contributed by atoms with Crippen LogP contribution in [0.2, 0.25) is 36.3 Å². The molecule has 312 valence electrons. The molecule has 0 spiro atoms. The van der Waals surface area contributed by atoms with Crippen LogP contribution in [0.15, 0.2) is 60.7 Å². The van der Waals surface area contributed by atoms with Gasteiger partial charge in [-0.3, -0.25) is 14.4 Å². The molecule has 0 fully saturated rings. The largest absolute Gasteiger partial charge is 0.467 e. The van der Waals surface area contributed by atoms with Crippen molar-refractivity contribution in [3.8, 4) is 0 Å². The van der Waals surface area contributed by atoms with Crippen LogP contribution in [0.25, 0.3) is 0 Å². The summed E-state index contributed by atoms with van der Waals surface area (Å²) in [5.74, 6) is -3.04. The van der Waals surface area contributed by atoms with Crippen LogP contribution in [0.3, 0.4) is 0 Å². The average Bonchev–Trinajstić information content (AvgIpc) is 3.12. The molecule has 4 amide bonds. The van der Waals surface area contributed by atoms with Crippen LogP contribution in [0.5, 0.6) is 0 Å². The third-order valence-corrected chi connectivity index (χ3v) is 19.6. The summed E-state index contributed by atoms with van der Waals surface area (Å²) in [7, 11) is -3.54. The standard InChI is InChI=1S/C41H66N4O9Si2/c1-28(2)34(45-39(50)52-25-30-22-18-15-19-23-30)37(48)43-32(26-53-55(10,11)40(3,4)5)36(47)42-31(24-29-20-16-14-17-21-29)35(46)44-33(38(49)51-9)27-54-56(12,13)41(6,7)8/h14-23,28,31-34H,24-27H2,1-13H3,(H,42,47)(H,43,48)(H,44,46)(H,45,50)/t31-,32+,33+,34-/m1/s1. The lowest BCUT2D eigenvalue weighted by molar-refractivity contribution is -0.146. The van der Waals surface area contributed by atoms with Crippen molar-refractivity contribution in [2.24, 2.45) is 5.92 Å². The van der Waals surface area contributed by atoms with Crippen LogP contribution in [-0.2, 0) is 50.5 Å². The first-order valence-corrected chi connectivity index (χ1v) is 25.0. The molecule has 56 heavy (non-hydrogen) atoms. The molecule has 2 aromatic carbocycles. The van der Waals surface area contributed by atoms with E-state index in [-0.39, 0.29) is 42.2 Å². The predicted molar refractivity (Wildman–Crippen MR) is 223 cm³/mol. The van der Waals surface area contributed by atoms with Gasteiger partial charge in [0, 0.05) is 6.42 Å². The number of benzene rings is 2. The Morgan fingerprint density at radius 3 is 1.50 bits per heavy atom. The van der Waals surface area contributed by atoms with E-state index in [2.05, 4.69) is 62.8 Å². The molecule has 0 saturated heterocycles. The van der Waals surface area contributed by atoms with Crippen molar-refractivity contribution in [2.45, 2.75) is 129 Å². The summed E-state index contributed by atoms with van der Waals surface area (Å²) in [6.07, 6.45) is -0.721. The highest BCUT2D eigenvalue weighted by molar-refractivity contribution is 6.74. The third kappa shape index (κ3) is 15.1. The summed E-state index contributed by atoms with van der Waals surface area (Å²) in [5, 5.41) is 10.6. The molecular weight excluding hydrogens is 749 g/mol. The van der Waals surface area contributed by atoms with E-state index in [4.69, 9.17) is 18.3 Å². The zero-order chi connectivity index (χ0) is 42.5. The molecule has 0 unspecified atom stereocenters.